The van der Waals surface area contributed by atoms with Crippen LogP contribution in [0, 0.1) is 0 Å². The van der Waals surface area contributed by atoms with Gasteiger partial charge in [0.2, 0.25) is 0 Å². The molecule has 8 heteroatoms. The maximum absolute atomic E-state index is 12.8. The molecule has 0 fully saturated rings. The molecule has 2 nitrogen and oxygen atoms in total. The summed E-state index contributed by atoms with van der Waals surface area (Å²) in [7, 11) is 0. The number of aromatic nitrogens is 1. The lowest BCUT2D eigenvalue weighted by molar-refractivity contribution is -0.137. The van der Waals surface area contributed by atoms with E-state index in [0.29, 0.717) is 26.6 Å². The van der Waals surface area contributed by atoms with Crippen molar-refractivity contribution >= 4 is 51.0 Å². The van der Waals surface area contributed by atoms with Crippen molar-refractivity contribution in [1.29, 1.82) is 0 Å². The lowest BCUT2D eigenvalue weighted by Crippen LogP contribution is -2.11. The molecule has 0 saturated carbocycles. The summed E-state index contributed by atoms with van der Waals surface area (Å²) in [5.74, 6) is 0. The van der Waals surface area contributed by atoms with Crippen LogP contribution in [0.25, 0.3) is 0 Å². The van der Waals surface area contributed by atoms with Crippen LogP contribution in [0.2, 0.25) is 10.0 Å². The highest BCUT2D eigenvalue weighted by Crippen LogP contribution is 2.39. The summed E-state index contributed by atoms with van der Waals surface area (Å²) in [5.41, 5.74) is 0.424. The fourth-order valence-corrected chi connectivity index (χ4v) is 3.36. The van der Waals surface area contributed by atoms with Gasteiger partial charge in [0, 0.05) is 27.3 Å². The summed E-state index contributed by atoms with van der Waals surface area (Å²) in [6.07, 6.45) is -2.77. The van der Waals surface area contributed by atoms with Crippen molar-refractivity contribution in [1.82, 2.24) is 4.98 Å². The van der Waals surface area contributed by atoms with Crippen LogP contribution < -0.4 is 4.90 Å². The molecule has 2 aromatic carbocycles. The smallest absolute Gasteiger partial charge is 0.286 e. The third-order valence-corrected chi connectivity index (χ3v) is 4.36. The van der Waals surface area contributed by atoms with E-state index in [0.717, 1.165) is 12.1 Å². The van der Waals surface area contributed by atoms with Crippen molar-refractivity contribution in [2.24, 2.45) is 0 Å². The molecule has 0 spiro atoms. The third-order valence-electron chi connectivity index (χ3n) is 3.17. The van der Waals surface area contributed by atoms with E-state index in [2.05, 4.69) is 4.98 Å². The highest BCUT2D eigenvalue weighted by Gasteiger charge is 2.30. The van der Waals surface area contributed by atoms with Gasteiger partial charge in [-0.1, -0.05) is 23.2 Å². The van der Waals surface area contributed by atoms with E-state index in [1.165, 1.54) is 23.5 Å². The molecule has 1 heterocycles. The number of hydrogen-bond acceptors (Lipinski definition) is 3. The van der Waals surface area contributed by atoms with Crippen LogP contribution in [0.4, 0.5) is 29.7 Å². The molecule has 0 aliphatic rings. The lowest BCUT2D eigenvalue weighted by atomic mass is 10.2. The fraction of sp³-hybridized carbons (Fsp3) is 0.0625. The maximum atomic E-state index is 12.8. The normalized spacial score (nSPS) is 11.5. The van der Waals surface area contributed by atoms with Crippen molar-refractivity contribution in [3.05, 3.63) is 69.7 Å². The molecule has 24 heavy (non-hydrogen) atoms. The summed E-state index contributed by atoms with van der Waals surface area (Å²) >= 11 is 13.5. The van der Waals surface area contributed by atoms with Gasteiger partial charge in [0.15, 0.2) is 5.13 Å². The second kappa shape index (κ2) is 6.63. The third kappa shape index (κ3) is 3.66. The molecule has 3 rings (SSSR count). The molecule has 0 unspecified atom stereocenters. The number of nitrogens with zero attached hydrogens (tertiary/aromatic N) is 2. The van der Waals surface area contributed by atoms with Crippen LogP contribution in [0.15, 0.2) is 54.0 Å². The van der Waals surface area contributed by atoms with Crippen LogP contribution in [-0.2, 0) is 6.18 Å². The molecule has 124 valence electrons. The van der Waals surface area contributed by atoms with Gasteiger partial charge in [-0.25, -0.2) is 4.98 Å². The Morgan fingerprint density at radius 1 is 0.917 bits per heavy atom. The summed E-state index contributed by atoms with van der Waals surface area (Å²) < 4.78 is 38.3. The van der Waals surface area contributed by atoms with Gasteiger partial charge in [0.05, 0.1) is 11.3 Å². The number of halogens is 5. The van der Waals surface area contributed by atoms with E-state index < -0.39 is 11.7 Å². The fourth-order valence-electron chi connectivity index (χ4n) is 2.16. The molecule has 0 radical (unpaired) electrons. The Morgan fingerprint density at radius 2 is 1.54 bits per heavy atom. The van der Waals surface area contributed by atoms with Crippen molar-refractivity contribution in [3.8, 4) is 0 Å². The predicted octanol–water partition coefficient (Wildman–Crippen LogP) is 6.94. The van der Waals surface area contributed by atoms with Gasteiger partial charge in [-0.05, 0) is 42.5 Å². The Bertz CT molecular complexity index is 813. The minimum absolute atomic E-state index is 0.422. The van der Waals surface area contributed by atoms with Crippen LogP contribution in [0.1, 0.15) is 5.56 Å². The van der Waals surface area contributed by atoms with Crippen molar-refractivity contribution in [2.75, 3.05) is 4.90 Å². The number of anilines is 3. The number of thiazole rings is 1. The summed E-state index contributed by atoms with van der Waals surface area (Å²) in [6.45, 7) is 0. The van der Waals surface area contributed by atoms with Gasteiger partial charge in [-0.2, -0.15) is 13.2 Å². The van der Waals surface area contributed by atoms with E-state index in [1.54, 1.807) is 34.7 Å². The van der Waals surface area contributed by atoms with Gasteiger partial charge >= 0.3 is 6.18 Å². The monoisotopic (exact) mass is 388 g/mol. The molecular formula is C16H9Cl2F3N2S. The van der Waals surface area contributed by atoms with E-state index in [-0.39, 0.29) is 0 Å². The van der Waals surface area contributed by atoms with E-state index in [1.807, 2.05) is 0 Å². The van der Waals surface area contributed by atoms with Crippen molar-refractivity contribution < 1.29 is 13.2 Å². The van der Waals surface area contributed by atoms with Crippen molar-refractivity contribution in [2.45, 2.75) is 6.18 Å². The zero-order valence-corrected chi connectivity index (χ0v) is 14.2. The first-order valence-corrected chi connectivity index (χ1v) is 8.31. The first-order chi connectivity index (χ1) is 11.3. The van der Waals surface area contributed by atoms with Crippen LogP contribution in [0.5, 0.6) is 0 Å². The molecule has 1 aromatic heterocycles. The second-order valence-electron chi connectivity index (χ2n) is 4.82. The average Bonchev–Trinajstić information content (AvgIpc) is 3.00. The van der Waals surface area contributed by atoms with Gasteiger partial charge in [0.25, 0.3) is 0 Å². The molecule has 0 aliphatic carbocycles. The zero-order valence-electron chi connectivity index (χ0n) is 11.9. The Kier molecular flexibility index (Phi) is 4.71. The Hall–Kier alpha value is -1.76. The largest absolute Gasteiger partial charge is 0.416 e. The minimum Gasteiger partial charge on any atom is -0.286 e. The minimum atomic E-state index is -4.39. The van der Waals surface area contributed by atoms with Crippen molar-refractivity contribution in [3.63, 3.8) is 0 Å². The van der Waals surface area contributed by atoms with Crippen LogP contribution >= 0.6 is 34.5 Å². The van der Waals surface area contributed by atoms with E-state index in [4.69, 9.17) is 23.2 Å². The number of hydrogen-bond donors (Lipinski definition) is 0. The standard InChI is InChI=1S/C16H9Cl2F3N2S/c17-11-7-12(18)9-14(8-11)23(15-22-5-6-24-15)13-3-1-10(2-4-13)16(19,20)21/h1-9H. The van der Waals surface area contributed by atoms with Crippen LogP contribution in [-0.4, -0.2) is 4.98 Å². The second-order valence-corrected chi connectivity index (χ2v) is 6.57. The molecular weight excluding hydrogens is 380 g/mol. The first-order valence-electron chi connectivity index (χ1n) is 6.67. The number of rotatable bonds is 3. The molecule has 0 bridgehead atoms. The average molecular weight is 389 g/mol. The topological polar surface area (TPSA) is 16.1 Å². The molecule has 0 atom stereocenters. The van der Waals surface area contributed by atoms with Gasteiger partial charge < -0.3 is 0 Å². The van der Waals surface area contributed by atoms with Gasteiger partial charge in [-0.15, -0.1) is 11.3 Å². The summed E-state index contributed by atoms with van der Waals surface area (Å²) in [5, 5.41) is 3.21. The molecule has 0 aliphatic heterocycles. The quantitative estimate of drug-likeness (QED) is 0.482. The predicted molar refractivity (Wildman–Crippen MR) is 91.8 cm³/mol. The number of benzene rings is 2. The molecule has 0 N–H and O–H groups in total. The number of alkyl halides is 3. The molecule has 3 aromatic rings. The Balaban J connectivity index is 2.09. The lowest BCUT2D eigenvalue weighted by Gasteiger charge is -2.23. The zero-order chi connectivity index (χ0) is 17.3. The summed E-state index contributed by atoms with van der Waals surface area (Å²) in [6, 6.07) is 9.76. The van der Waals surface area contributed by atoms with Gasteiger partial charge in [0.1, 0.15) is 0 Å². The highest BCUT2D eigenvalue weighted by molar-refractivity contribution is 7.13. The van der Waals surface area contributed by atoms with Crippen LogP contribution in [0.3, 0.4) is 0 Å². The Labute approximate surface area is 150 Å². The van der Waals surface area contributed by atoms with Gasteiger partial charge in [-0.3, -0.25) is 4.90 Å². The molecule has 0 saturated heterocycles. The first kappa shape index (κ1) is 17.1. The highest BCUT2D eigenvalue weighted by atomic mass is 35.5. The Morgan fingerprint density at radius 3 is 2.04 bits per heavy atom. The van der Waals surface area contributed by atoms with E-state index >= 15 is 0 Å². The maximum Gasteiger partial charge on any atom is 0.416 e. The summed E-state index contributed by atoms with van der Waals surface area (Å²) in [4.78, 5) is 5.93. The molecule has 0 amide bonds. The SMILES string of the molecule is FC(F)(F)c1ccc(N(c2cc(Cl)cc(Cl)c2)c2nccs2)cc1. The van der Waals surface area contributed by atoms with E-state index in [9.17, 15) is 13.2 Å².